The van der Waals surface area contributed by atoms with E-state index in [0.717, 1.165) is 55.6 Å². The van der Waals surface area contributed by atoms with Crippen molar-refractivity contribution in [3.63, 3.8) is 0 Å². The SMILES string of the molecule is CO[C@H]1/C=C/CCN(C)C(=O)C[C@](O)(C(=O)OC2CCN(S(C)(=O)=O)CC2)c2ccc3c(c2)N(C[C@@H]2CC[C@H]21)C[C@@]1(CCCc2cc(Cl)ccc21)CO3. The number of hydrogen-bond acceptors (Lipinski definition) is 9. The van der Waals surface area contributed by atoms with Gasteiger partial charge in [0.15, 0.2) is 5.60 Å². The van der Waals surface area contributed by atoms with Gasteiger partial charge in [0.2, 0.25) is 15.9 Å². The molecule has 1 spiro atoms. The summed E-state index contributed by atoms with van der Waals surface area (Å²) in [6, 6.07) is 11.5. The molecule has 1 N–H and O–H groups in total. The number of aryl methyl sites for hydroxylation is 1. The highest BCUT2D eigenvalue weighted by Gasteiger charge is 2.47. The van der Waals surface area contributed by atoms with Crippen LogP contribution < -0.4 is 9.64 Å². The number of esters is 1. The minimum Gasteiger partial charge on any atom is -0.490 e. The summed E-state index contributed by atoms with van der Waals surface area (Å²) in [4.78, 5) is 31.9. The van der Waals surface area contributed by atoms with Crippen LogP contribution in [0.15, 0.2) is 48.6 Å². The predicted molar refractivity (Wildman–Crippen MR) is 203 cm³/mol. The van der Waals surface area contributed by atoms with Gasteiger partial charge in [0, 0.05) is 57.3 Å². The van der Waals surface area contributed by atoms with E-state index in [9.17, 15) is 23.1 Å². The van der Waals surface area contributed by atoms with E-state index in [4.69, 9.17) is 25.8 Å². The Morgan fingerprint density at radius 3 is 2.58 bits per heavy atom. The summed E-state index contributed by atoms with van der Waals surface area (Å²) >= 11 is 6.48. The molecule has 1 amide bonds. The monoisotopic (exact) mass is 769 g/mol. The molecule has 0 radical (unpaired) electrons. The molecule has 288 valence electrons. The third kappa shape index (κ3) is 7.72. The van der Waals surface area contributed by atoms with E-state index in [-0.39, 0.29) is 30.2 Å². The number of anilines is 1. The minimum atomic E-state index is -3.38. The van der Waals surface area contributed by atoms with Gasteiger partial charge in [-0.2, -0.15) is 0 Å². The standard InChI is InChI=1S/C40H52ClN3O8S/c1-42-18-5-4-8-35(50-2)32-12-9-28(32)24-43-25-39(17-6-7-27-21-30(41)11-13-33(27)39)26-51-36-14-10-29(22-34(36)43)40(47,23-37(42)45)38(46)52-31-15-19-44(20-16-31)53(3,48)49/h4,8,10-11,13-14,21-22,28,31-32,35,47H,5-7,9,12,15-20,23-26H2,1-3H3/b8-4+/t28-,32+,35-,39-,40+/m0/s1. The average molecular weight is 770 g/mol. The molecule has 0 unspecified atom stereocenters. The third-order valence-electron chi connectivity index (χ3n) is 12.4. The van der Waals surface area contributed by atoms with Crippen LogP contribution in [0.1, 0.15) is 68.1 Å². The maximum Gasteiger partial charge on any atom is 0.343 e. The number of rotatable bonds is 4. The number of aliphatic hydroxyl groups is 1. The number of hydrogen-bond donors (Lipinski definition) is 1. The number of amides is 1. The van der Waals surface area contributed by atoms with Gasteiger partial charge < -0.3 is 29.1 Å². The number of carbonyl (C=O) groups is 2. The van der Waals surface area contributed by atoms with Gasteiger partial charge >= 0.3 is 5.97 Å². The Morgan fingerprint density at radius 1 is 1.08 bits per heavy atom. The predicted octanol–water partition coefficient (Wildman–Crippen LogP) is 4.82. The fourth-order valence-electron chi connectivity index (χ4n) is 9.10. The van der Waals surface area contributed by atoms with E-state index < -0.39 is 40.0 Å². The first-order valence-corrected chi connectivity index (χ1v) is 21.2. The molecule has 5 atom stereocenters. The molecular formula is C40H52ClN3O8S. The van der Waals surface area contributed by atoms with E-state index in [1.807, 2.05) is 12.1 Å². The zero-order valence-corrected chi connectivity index (χ0v) is 32.5. The molecule has 2 bridgehead atoms. The van der Waals surface area contributed by atoms with Gasteiger partial charge in [-0.25, -0.2) is 17.5 Å². The summed E-state index contributed by atoms with van der Waals surface area (Å²) in [5.74, 6) is -0.0226. The van der Waals surface area contributed by atoms with Gasteiger partial charge in [-0.3, -0.25) is 4.79 Å². The molecule has 3 aliphatic heterocycles. The van der Waals surface area contributed by atoms with Gasteiger partial charge in [0.1, 0.15) is 11.9 Å². The molecule has 1 saturated heterocycles. The van der Waals surface area contributed by atoms with Crippen molar-refractivity contribution in [1.82, 2.24) is 9.21 Å². The second-order valence-corrected chi connectivity index (χ2v) is 18.2. The van der Waals surface area contributed by atoms with Gasteiger partial charge in [-0.15, -0.1) is 0 Å². The van der Waals surface area contributed by atoms with Crippen LogP contribution in [0.2, 0.25) is 5.02 Å². The quantitative estimate of drug-likeness (QED) is 0.345. The van der Waals surface area contributed by atoms with Crippen molar-refractivity contribution < 1.29 is 37.3 Å². The number of ether oxygens (including phenoxy) is 3. The second-order valence-electron chi connectivity index (χ2n) is 15.8. The number of carbonyl (C=O) groups excluding carboxylic acids is 2. The number of halogens is 1. The number of methoxy groups -OCH3 is 1. The van der Waals surface area contributed by atoms with Crippen LogP contribution in [0.4, 0.5) is 5.69 Å². The number of sulfonamides is 1. The number of fused-ring (bicyclic) bond motifs is 4. The van der Waals surface area contributed by atoms with Crippen LogP contribution in [0.25, 0.3) is 0 Å². The highest BCUT2D eigenvalue weighted by atomic mass is 35.5. The summed E-state index contributed by atoms with van der Waals surface area (Å²) in [6.45, 7) is 2.67. The number of benzene rings is 2. The van der Waals surface area contributed by atoms with Gasteiger partial charge in [-0.1, -0.05) is 35.9 Å². The fourth-order valence-corrected chi connectivity index (χ4v) is 10.2. The highest BCUT2D eigenvalue weighted by molar-refractivity contribution is 7.88. The van der Waals surface area contributed by atoms with Crippen molar-refractivity contribution in [3.8, 4) is 5.75 Å². The smallest absolute Gasteiger partial charge is 0.343 e. The first-order chi connectivity index (χ1) is 25.3. The Bertz CT molecular complexity index is 1850. The fraction of sp³-hybridized carbons (Fsp3) is 0.600. The van der Waals surface area contributed by atoms with Crippen molar-refractivity contribution in [1.29, 1.82) is 0 Å². The van der Waals surface area contributed by atoms with E-state index >= 15 is 0 Å². The van der Waals surface area contributed by atoms with Gasteiger partial charge in [0.05, 0.1) is 31.1 Å². The first-order valence-electron chi connectivity index (χ1n) is 18.9. The molecular weight excluding hydrogens is 718 g/mol. The van der Waals surface area contributed by atoms with Crippen LogP contribution in [0, 0.1) is 11.8 Å². The van der Waals surface area contributed by atoms with Crippen LogP contribution >= 0.6 is 11.6 Å². The average Bonchev–Trinajstić information content (AvgIpc) is 3.27. The van der Waals surface area contributed by atoms with Crippen molar-refractivity contribution in [3.05, 3.63) is 70.3 Å². The Labute approximate surface area is 318 Å². The first kappa shape index (κ1) is 38.1. The zero-order valence-electron chi connectivity index (χ0n) is 31.0. The molecule has 2 aromatic rings. The topological polar surface area (TPSA) is 126 Å². The summed E-state index contributed by atoms with van der Waals surface area (Å²) in [7, 11) is 0.0476. The van der Waals surface area contributed by atoms with E-state index in [2.05, 4.69) is 29.2 Å². The normalized spacial score (nSPS) is 30.7. The molecule has 53 heavy (non-hydrogen) atoms. The summed E-state index contributed by atoms with van der Waals surface area (Å²) < 4.78 is 44.2. The lowest BCUT2D eigenvalue weighted by atomic mass is 9.68. The Morgan fingerprint density at radius 2 is 1.87 bits per heavy atom. The lowest BCUT2D eigenvalue weighted by molar-refractivity contribution is -0.177. The summed E-state index contributed by atoms with van der Waals surface area (Å²) in [5.41, 5.74) is 0.881. The van der Waals surface area contributed by atoms with E-state index in [1.165, 1.54) is 20.3 Å². The van der Waals surface area contributed by atoms with Crippen LogP contribution in [0.3, 0.4) is 0 Å². The van der Waals surface area contributed by atoms with Crippen molar-refractivity contribution >= 4 is 39.2 Å². The molecule has 0 aromatic heterocycles. The number of nitrogens with zero attached hydrogens (tertiary/aromatic N) is 3. The Hall–Kier alpha value is -3.16. The van der Waals surface area contributed by atoms with E-state index in [0.29, 0.717) is 56.5 Å². The lowest BCUT2D eigenvalue weighted by Crippen LogP contribution is -2.49. The Balaban J connectivity index is 1.28. The summed E-state index contributed by atoms with van der Waals surface area (Å²) in [5, 5.41) is 13.2. The maximum absolute atomic E-state index is 14.2. The van der Waals surface area contributed by atoms with Crippen LogP contribution in [-0.2, 0) is 46.5 Å². The van der Waals surface area contributed by atoms with E-state index in [1.54, 1.807) is 26.3 Å². The van der Waals surface area contributed by atoms with Gasteiger partial charge in [-0.05, 0) is 104 Å². The second kappa shape index (κ2) is 15.2. The third-order valence-corrected chi connectivity index (χ3v) is 13.9. The van der Waals surface area contributed by atoms with Crippen molar-refractivity contribution in [2.45, 2.75) is 81.0 Å². The highest BCUT2D eigenvalue weighted by Crippen LogP contribution is 2.48. The molecule has 3 heterocycles. The summed E-state index contributed by atoms with van der Waals surface area (Å²) in [6.07, 6.45) is 10.3. The molecule has 2 aromatic carbocycles. The molecule has 2 aliphatic carbocycles. The number of piperidine rings is 1. The largest absolute Gasteiger partial charge is 0.490 e. The molecule has 13 heteroatoms. The molecule has 5 aliphatic rings. The van der Waals surface area contributed by atoms with Crippen LogP contribution in [0.5, 0.6) is 5.75 Å². The van der Waals surface area contributed by atoms with Crippen LogP contribution in [-0.4, -0.2) is 107 Å². The molecule has 7 rings (SSSR count). The lowest BCUT2D eigenvalue weighted by Gasteiger charge is -2.46. The van der Waals surface area contributed by atoms with Crippen molar-refractivity contribution in [2.24, 2.45) is 11.8 Å². The zero-order chi connectivity index (χ0) is 37.5. The maximum atomic E-state index is 14.2. The van der Waals surface area contributed by atoms with Gasteiger partial charge in [0.25, 0.3) is 0 Å². The van der Waals surface area contributed by atoms with Crippen molar-refractivity contribution in [2.75, 3.05) is 64.6 Å². The molecule has 1 saturated carbocycles. The molecule has 11 nitrogen and oxygen atoms in total. The molecule has 2 fully saturated rings. The minimum absolute atomic E-state index is 0.0487. The Kier molecular flexibility index (Phi) is 10.9.